The van der Waals surface area contributed by atoms with Crippen molar-refractivity contribution in [3.05, 3.63) is 85.9 Å². The second kappa shape index (κ2) is 8.01. The number of benzene rings is 2. The monoisotopic (exact) mass is 403 g/mol. The maximum atomic E-state index is 12.7. The number of ether oxygens (including phenoxy) is 1. The Morgan fingerprint density at radius 1 is 1.00 bits per heavy atom. The highest BCUT2D eigenvalue weighted by atomic mass is 32.1. The van der Waals surface area contributed by atoms with Gasteiger partial charge in [-0.2, -0.15) is 9.50 Å². The molecule has 0 aliphatic carbocycles. The van der Waals surface area contributed by atoms with Crippen molar-refractivity contribution < 1.29 is 4.74 Å². The molecule has 0 radical (unpaired) electrons. The minimum Gasteiger partial charge on any atom is -0.497 e. The van der Waals surface area contributed by atoms with E-state index in [0.29, 0.717) is 21.2 Å². The molecule has 0 spiro atoms. The van der Waals surface area contributed by atoms with Crippen molar-refractivity contribution in [3.63, 3.8) is 0 Å². The van der Waals surface area contributed by atoms with Gasteiger partial charge in [0.05, 0.1) is 11.6 Å². The Bertz CT molecular complexity index is 1270. The summed E-state index contributed by atoms with van der Waals surface area (Å²) in [5.74, 6) is 1.80. The summed E-state index contributed by atoms with van der Waals surface area (Å²) in [6.07, 6.45) is 5.60. The molecule has 4 aromatic rings. The number of methoxy groups -OCH3 is 1. The van der Waals surface area contributed by atoms with E-state index in [9.17, 15) is 4.79 Å². The molecule has 2 aromatic carbocycles. The summed E-state index contributed by atoms with van der Waals surface area (Å²) in [5.41, 5.74) is 3.13. The first kappa shape index (κ1) is 19.1. The lowest BCUT2D eigenvalue weighted by Crippen LogP contribution is -2.23. The smallest absolute Gasteiger partial charge is 0.291 e. The first-order valence-corrected chi connectivity index (χ1v) is 10.2. The molecule has 2 aromatic heterocycles. The number of hydrogen-bond donors (Lipinski definition) is 0. The van der Waals surface area contributed by atoms with E-state index >= 15 is 0 Å². The molecule has 5 nitrogen and oxygen atoms in total. The Labute approximate surface area is 172 Å². The highest BCUT2D eigenvalue weighted by molar-refractivity contribution is 7.15. The van der Waals surface area contributed by atoms with E-state index in [1.54, 1.807) is 13.2 Å². The zero-order valence-corrected chi connectivity index (χ0v) is 17.3. The zero-order valence-electron chi connectivity index (χ0n) is 16.5. The van der Waals surface area contributed by atoms with Crippen LogP contribution in [0.3, 0.4) is 0 Å². The van der Waals surface area contributed by atoms with Crippen molar-refractivity contribution in [1.29, 1.82) is 0 Å². The van der Waals surface area contributed by atoms with Gasteiger partial charge in [0.1, 0.15) is 5.75 Å². The van der Waals surface area contributed by atoms with Crippen LogP contribution in [0.2, 0.25) is 0 Å². The van der Waals surface area contributed by atoms with Gasteiger partial charge < -0.3 is 4.74 Å². The Morgan fingerprint density at radius 3 is 2.31 bits per heavy atom. The largest absolute Gasteiger partial charge is 0.497 e. The van der Waals surface area contributed by atoms with Gasteiger partial charge >= 0.3 is 0 Å². The van der Waals surface area contributed by atoms with Crippen LogP contribution in [0.1, 0.15) is 42.3 Å². The Balaban J connectivity index is 1.60. The Hall–Kier alpha value is -3.25. The topological polar surface area (TPSA) is 56.5 Å². The lowest BCUT2D eigenvalue weighted by Gasteiger charge is -2.04. The average Bonchev–Trinajstić information content (AvgIpc) is 3.26. The van der Waals surface area contributed by atoms with E-state index in [1.807, 2.05) is 48.6 Å². The maximum Gasteiger partial charge on any atom is 0.291 e. The van der Waals surface area contributed by atoms with Crippen LogP contribution in [-0.4, -0.2) is 21.7 Å². The molecule has 6 heteroatoms. The summed E-state index contributed by atoms with van der Waals surface area (Å²) in [5, 5.41) is 4.33. The van der Waals surface area contributed by atoms with Gasteiger partial charge in [-0.3, -0.25) is 4.79 Å². The summed E-state index contributed by atoms with van der Waals surface area (Å²) < 4.78 is 7.15. The van der Waals surface area contributed by atoms with Gasteiger partial charge in [-0.15, -0.1) is 5.10 Å². The van der Waals surface area contributed by atoms with Crippen LogP contribution < -0.4 is 14.8 Å². The lowest BCUT2D eigenvalue weighted by molar-refractivity contribution is 0.415. The van der Waals surface area contributed by atoms with E-state index in [1.165, 1.54) is 21.4 Å². The average molecular weight is 404 g/mol. The molecule has 0 saturated carbocycles. The molecule has 146 valence electrons. The molecule has 0 atom stereocenters. The molecule has 0 aliphatic heterocycles. The minimum absolute atomic E-state index is 0.144. The van der Waals surface area contributed by atoms with Crippen LogP contribution in [0.15, 0.2) is 53.3 Å². The maximum absolute atomic E-state index is 12.7. The molecule has 2 heterocycles. The van der Waals surface area contributed by atoms with Gasteiger partial charge in [-0.1, -0.05) is 67.7 Å². The van der Waals surface area contributed by atoms with Crippen molar-refractivity contribution >= 4 is 34.5 Å². The van der Waals surface area contributed by atoms with Crippen LogP contribution in [0, 0.1) is 0 Å². The molecule has 0 saturated heterocycles. The van der Waals surface area contributed by atoms with Crippen LogP contribution in [0.4, 0.5) is 0 Å². The van der Waals surface area contributed by atoms with Crippen molar-refractivity contribution in [2.75, 3.05) is 7.11 Å². The number of thiazole rings is 1. The quantitative estimate of drug-likeness (QED) is 0.505. The van der Waals surface area contributed by atoms with Crippen LogP contribution in [0.25, 0.3) is 23.2 Å². The zero-order chi connectivity index (χ0) is 20.4. The fourth-order valence-corrected chi connectivity index (χ4v) is 3.85. The number of fused-ring (bicyclic) bond motifs is 1. The van der Waals surface area contributed by atoms with E-state index < -0.39 is 0 Å². The normalized spacial score (nSPS) is 12.5. The number of aromatic nitrogens is 3. The van der Waals surface area contributed by atoms with Crippen molar-refractivity contribution in [2.45, 2.75) is 19.8 Å². The predicted molar refractivity (Wildman–Crippen MR) is 118 cm³/mol. The highest BCUT2D eigenvalue weighted by Crippen LogP contribution is 2.15. The van der Waals surface area contributed by atoms with Gasteiger partial charge in [0.25, 0.3) is 5.56 Å². The molecule has 0 bridgehead atoms. The minimum atomic E-state index is -0.144. The SMILES string of the molecule is COc1ccc(/C=C/c2nc3s/c(=C\c4ccc(C(C)C)cc4)c(=O)n3n2)cc1. The lowest BCUT2D eigenvalue weighted by atomic mass is 10.0. The molecule has 0 N–H and O–H groups in total. The van der Waals surface area contributed by atoms with E-state index in [0.717, 1.165) is 16.9 Å². The van der Waals surface area contributed by atoms with Gasteiger partial charge in [-0.05, 0) is 46.9 Å². The standard InChI is InChI=1S/C23H21N3O2S/c1-15(2)18-9-4-17(5-10-18)14-20-22(27)26-23(29-20)24-21(25-26)13-8-16-6-11-19(28-3)12-7-16/h4-15H,1-3H3/b13-8+,20-14-. The van der Waals surface area contributed by atoms with E-state index in [2.05, 4.69) is 36.1 Å². The number of nitrogens with zero attached hydrogens (tertiary/aromatic N) is 3. The first-order valence-electron chi connectivity index (χ1n) is 9.37. The summed E-state index contributed by atoms with van der Waals surface area (Å²) in [7, 11) is 1.64. The van der Waals surface area contributed by atoms with Gasteiger partial charge in [0, 0.05) is 0 Å². The molecule has 4 rings (SSSR count). The predicted octanol–water partition coefficient (Wildman–Crippen LogP) is 4.00. The van der Waals surface area contributed by atoms with Crippen LogP contribution >= 0.6 is 11.3 Å². The number of rotatable bonds is 5. The first-order chi connectivity index (χ1) is 14.0. The van der Waals surface area contributed by atoms with Crippen LogP contribution in [0.5, 0.6) is 5.75 Å². The number of hydrogen-bond acceptors (Lipinski definition) is 5. The molecular formula is C23H21N3O2S. The fourth-order valence-electron chi connectivity index (χ4n) is 2.93. The van der Waals surface area contributed by atoms with Crippen molar-refractivity contribution in [1.82, 2.24) is 14.6 Å². The van der Waals surface area contributed by atoms with Gasteiger partial charge in [-0.25, -0.2) is 0 Å². The second-order valence-corrected chi connectivity index (χ2v) is 8.02. The molecular weight excluding hydrogens is 382 g/mol. The van der Waals surface area contributed by atoms with Crippen molar-refractivity contribution in [3.8, 4) is 5.75 Å². The Morgan fingerprint density at radius 2 is 1.69 bits per heavy atom. The second-order valence-electron chi connectivity index (χ2n) is 7.01. The Kier molecular flexibility index (Phi) is 5.27. The molecule has 29 heavy (non-hydrogen) atoms. The molecule has 0 amide bonds. The molecule has 0 fully saturated rings. The third-order valence-electron chi connectivity index (χ3n) is 4.64. The summed E-state index contributed by atoms with van der Waals surface area (Å²) in [6, 6.07) is 15.9. The molecule has 0 unspecified atom stereocenters. The molecule has 0 aliphatic rings. The van der Waals surface area contributed by atoms with Gasteiger partial charge in [0.15, 0.2) is 5.82 Å². The van der Waals surface area contributed by atoms with Crippen LogP contribution in [-0.2, 0) is 0 Å². The summed E-state index contributed by atoms with van der Waals surface area (Å²) in [4.78, 5) is 17.7. The summed E-state index contributed by atoms with van der Waals surface area (Å²) in [6.45, 7) is 4.32. The van der Waals surface area contributed by atoms with E-state index in [4.69, 9.17) is 4.74 Å². The third kappa shape index (κ3) is 4.12. The fraction of sp³-hybridized carbons (Fsp3) is 0.174. The summed E-state index contributed by atoms with van der Waals surface area (Å²) >= 11 is 1.35. The van der Waals surface area contributed by atoms with Gasteiger partial charge in [0.2, 0.25) is 4.96 Å². The van der Waals surface area contributed by atoms with E-state index in [-0.39, 0.29) is 5.56 Å². The third-order valence-corrected chi connectivity index (χ3v) is 5.60. The van der Waals surface area contributed by atoms with Crippen molar-refractivity contribution in [2.24, 2.45) is 0 Å². The highest BCUT2D eigenvalue weighted by Gasteiger charge is 2.09.